The fourth-order valence-electron chi connectivity index (χ4n) is 2.84. The minimum atomic E-state index is 0.195. The molecule has 0 atom stereocenters. The lowest BCUT2D eigenvalue weighted by molar-refractivity contribution is 0.285. The highest BCUT2D eigenvalue weighted by Crippen LogP contribution is 2.29. The van der Waals surface area contributed by atoms with Crippen LogP contribution in [0.25, 0.3) is 10.8 Å². The van der Waals surface area contributed by atoms with Crippen molar-refractivity contribution in [3.8, 4) is 5.75 Å². The number of rotatable bonds is 8. The summed E-state index contributed by atoms with van der Waals surface area (Å²) in [5, 5.41) is 15.4. The molecule has 0 saturated heterocycles. The molecule has 3 nitrogen and oxygen atoms in total. The van der Waals surface area contributed by atoms with E-state index in [1.807, 2.05) is 42.5 Å². The lowest BCUT2D eigenvalue weighted by Gasteiger charge is -2.15. The molecular weight excluding hydrogens is 334 g/mol. The van der Waals surface area contributed by atoms with E-state index in [0.29, 0.717) is 18.2 Å². The van der Waals surface area contributed by atoms with Gasteiger partial charge in [-0.3, -0.25) is 0 Å². The average Bonchev–Trinajstić information content (AvgIpc) is 2.64. The van der Waals surface area contributed by atoms with Gasteiger partial charge >= 0.3 is 0 Å². The summed E-state index contributed by atoms with van der Waals surface area (Å²) in [7, 11) is 0. The maximum absolute atomic E-state index is 8.95. The second-order valence-corrected chi connectivity index (χ2v) is 6.37. The Morgan fingerprint density at radius 1 is 1.00 bits per heavy atom. The Balaban J connectivity index is 1.82. The second-order valence-electron chi connectivity index (χ2n) is 5.94. The van der Waals surface area contributed by atoms with E-state index < -0.39 is 0 Å². The van der Waals surface area contributed by atoms with Crippen molar-refractivity contribution in [2.75, 3.05) is 13.2 Å². The van der Waals surface area contributed by atoms with E-state index >= 15 is 0 Å². The number of aliphatic hydroxyl groups excluding tert-OH is 1. The van der Waals surface area contributed by atoms with Crippen molar-refractivity contribution in [3.63, 3.8) is 0 Å². The van der Waals surface area contributed by atoms with E-state index in [0.717, 1.165) is 29.8 Å². The smallest absolute Gasteiger partial charge is 0.124 e. The first kappa shape index (κ1) is 17.7. The predicted molar refractivity (Wildman–Crippen MR) is 103 cm³/mol. The van der Waals surface area contributed by atoms with Crippen molar-refractivity contribution in [2.45, 2.75) is 19.6 Å². The van der Waals surface area contributed by atoms with Crippen LogP contribution < -0.4 is 10.1 Å². The average molecular weight is 356 g/mol. The molecule has 0 heterocycles. The van der Waals surface area contributed by atoms with Gasteiger partial charge in [-0.15, -0.1) is 0 Å². The van der Waals surface area contributed by atoms with E-state index in [1.54, 1.807) is 0 Å². The third-order valence-corrected chi connectivity index (χ3v) is 4.33. The Kier molecular flexibility index (Phi) is 6.29. The second kappa shape index (κ2) is 8.86. The largest absolute Gasteiger partial charge is 0.489 e. The summed E-state index contributed by atoms with van der Waals surface area (Å²) in [5.41, 5.74) is 2.18. The Bertz CT molecular complexity index is 835. The van der Waals surface area contributed by atoms with Crippen LogP contribution >= 0.6 is 11.6 Å². The minimum Gasteiger partial charge on any atom is -0.489 e. The molecule has 3 aromatic carbocycles. The van der Waals surface area contributed by atoms with Crippen LogP contribution in [0, 0.1) is 0 Å². The Hall–Kier alpha value is -2.07. The van der Waals surface area contributed by atoms with Gasteiger partial charge in [-0.1, -0.05) is 54.1 Å². The Morgan fingerprint density at radius 2 is 1.88 bits per heavy atom. The standard InChI is InChI=1S/C21H22ClNO2/c22-18-7-3-5-16(13-18)15-25-21-10-9-17-6-1-2-8-19(17)20(21)14-23-11-4-12-24/h1-3,5-10,13,23-24H,4,11-12,14-15H2. The summed E-state index contributed by atoms with van der Waals surface area (Å²) in [4.78, 5) is 0. The number of ether oxygens (including phenoxy) is 1. The van der Waals surface area contributed by atoms with Crippen molar-refractivity contribution in [3.05, 3.63) is 76.8 Å². The Labute approximate surface area is 153 Å². The zero-order valence-electron chi connectivity index (χ0n) is 14.0. The number of hydrogen-bond acceptors (Lipinski definition) is 3. The highest BCUT2D eigenvalue weighted by atomic mass is 35.5. The van der Waals surface area contributed by atoms with Crippen LogP contribution in [0.15, 0.2) is 60.7 Å². The maximum Gasteiger partial charge on any atom is 0.124 e. The molecule has 0 fully saturated rings. The van der Waals surface area contributed by atoms with Crippen LogP contribution in [0.5, 0.6) is 5.75 Å². The summed E-state index contributed by atoms with van der Waals surface area (Å²) >= 11 is 6.05. The Morgan fingerprint density at radius 3 is 2.72 bits per heavy atom. The monoisotopic (exact) mass is 355 g/mol. The van der Waals surface area contributed by atoms with E-state index in [2.05, 4.69) is 23.5 Å². The van der Waals surface area contributed by atoms with E-state index in [4.69, 9.17) is 21.4 Å². The fraction of sp³-hybridized carbons (Fsp3) is 0.238. The molecule has 3 rings (SSSR count). The van der Waals surface area contributed by atoms with Gasteiger partial charge in [0.1, 0.15) is 12.4 Å². The van der Waals surface area contributed by atoms with E-state index in [-0.39, 0.29) is 6.61 Å². The molecular formula is C21H22ClNO2. The number of benzene rings is 3. The minimum absolute atomic E-state index is 0.195. The first-order valence-corrected chi connectivity index (χ1v) is 8.85. The zero-order chi connectivity index (χ0) is 17.5. The van der Waals surface area contributed by atoms with E-state index in [9.17, 15) is 0 Å². The summed E-state index contributed by atoms with van der Waals surface area (Å²) in [5.74, 6) is 0.871. The third kappa shape index (κ3) is 4.73. The van der Waals surface area contributed by atoms with Gasteiger partial charge in [0, 0.05) is 23.7 Å². The SMILES string of the molecule is OCCCNCc1c(OCc2cccc(Cl)c2)ccc2ccccc12. The molecule has 2 N–H and O–H groups in total. The molecule has 0 saturated carbocycles. The van der Waals surface area contributed by atoms with Gasteiger partial charge in [-0.25, -0.2) is 0 Å². The van der Waals surface area contributed by atoms with Crippen LogP contribution in [-0.4, -0.2) is 18.3 Å². The quantitative estimate of drug-likeness (QED) is 0.583. The van der Waals surface area contributed by atoms with Crippen LogP contribution in [-0.2, 0) is 13.2 Å². The third-order valence-electron chi connectivity index (χ3n) is 4.09. The lowest BCUT2D eigenvalue weighted by Crippen LogP contribution is -2.16. The van der Waals surface area contributed by atoms with Crippen LogP contribution in [0.1, 0.15) is 17.5 Å². The number of aliphatic hydroxyl groups is 1. The molecule has 4 heteroatoms. The van der Waals surface area contributed by atoms with Crippen molar-refractivity contribution >= 4 is 22.4 Å². The summed E-state index contributed by atoms with van der Waals surface area (Å²) in [6.07, 6.45) is 0.740. The molecule has 0 radical (unpaired) electrons. The number of fused-ring (bicyclic) bond motifs is 1. The van der Waals surface area contributed by atoms with Crippen molar-refractivity contribution in [1.82, 2.24) is 5.32 Å². The molecule has 0 bridgehead atoms. The molecule has 0 aliphatic rings. The first-order valence-electron chi connectivity index (χ1n) is 8.47. The molecule has 0 unspecified atom stereocenters. The number of nitrogens with one attached hydrogen (secondary N) is 1. The maximum atomic E-state index is 8.95. The van der Waals surface area contributed by atoms with Crippen LogP contribution in [0.4, 0.5) is 0 Å². The molecule has 0 spiro atoms. The lowest BCUT2D eigenvalue weighted by atomic mass is 10.0. The van der Waals surface area contributed by atoms with Gasteiger partial charge in [0.2, 0.25) is 0 Å². The molecule has 0 aromatic heterocycles. The highest BCUT2D eigenvalue weighted by Gasteiger charge is 2.09. The van der Waals surface area contributed by atoms with Gasteiger partial charge in [0.05, 0.1) is 0 Å². The zero-order valence-corrected chi connectivity index (χ0v) is 14.8. The topological polar surface area (TPSA) is 41.5 Å². The normalized spacial score (nSPS) is 11.0. The van der Waals surface area contributed by atoms with Crippen LogP contribution in [0.3, 0.4) is 0 Å². The van der Waals surface area contributed by atoms with Gasteiger partial charge < -0.3 is 15.2 Å². The first-order chi connectivity index (χ1) is 12.3. The van der Waals surface area contributed by atoms with Crippen molar-refractivity contribution in [2.24, 2.45) is 0 Å². The summed E-state index contributed by atoms with van der Waals surface area (Å²) < 4.78 is 6.10. The van der Waals surface area contributed by atoms with E-state index in [1.165, 1.54) is 10.8 Å². The molecule has 0 aliphatic carbocycles. The molecule has 130 valence electrons. The number of halogens is 1. The molecule has 0 amide bonds. The van der Waals surface area contributed by atoms with Crippen molar-refractivity contribution in [1.29, 1.82) is 0 Å². The molecule has 0 aliphatic heterocycles. The van der Waals surface area contributed by atoms with Gasteiger partial charge in [0.15, 0.2) is 0 Å². The number of hydrogen-bond donors (Lipinski definition) is 2. The van der Waals surface area contributed by atoms with Crippen molar-refractivity contribution < 1.29 is 9.84 Å². The predicted octanol–water partition coefficient (Wildman–Crippen LogP) is 4.54. The summed E-state index contributed by atoms with van der Waals surface area (Å²) in [6, 6.07) is 20.1. The van der Waals surface area contributed by atoms with Gasteiger partial charge in [0.25, 0.3) is 0 Å². The molecule has 25 heavy (non-hydrogen) atoms. The van der Waals surface area contributed by atoms with Crippen LogP contribution in [0.2, 0.25) is 5.02 Å². The van der Waals surface area contributed by atoms with Gasteiger partial charge in [-0.2, -0.15) is 0 Å². The summed E-state index contributed by atoms with van der Waals surface area (Å²) in [6.45, 7) is 2.14. The van der Waals surface area contributed by atoms with Gasteiger partial charge in [-0.05, 0) is 47.5 Å². The highest BCUT2D eigenvalue weighted by molar-refractivity contribution is 6.30. The fourth-order valence-corrected chi connectivity index (χ4v) is 3.05. The molecule has 3 aromatic rings.